The maximum Gasteiger partial charge on any atom is 0.225 e. The van der Waals surface area contributed by atoms with Gasteiger partial charge in [-0.1, -0.05) is 6.07 Å². The van der Waals surface area contributed by atoms with Gasteiger partial charge >= 0.3 is 0 Å². The Balaban J connectivity index is 1.99. The smallest absolute Gasteiger partial charge is 0.225 e. The molecule has 5 nitrogen and oxygen atoms in total. The lowest BCUT2D eigenvalue weighted by Gasteiger charge is -2.21. The molecule has 1 atom stereocenters. The maximum absolute atomic E-state index is 12.4. The minimum Gasteiger partial charge on any atom is -0.348 e. The Hall–Kier alpha value is -2.21. The highest BCUT2D eigenvalue weighted by atomic mass is 32.1. The average Bonchev–Trinajstić information content (AvgIpc) is 3.01. The second-order valence-corrected chi connectivity index (χ2v) is 6.06. The van der Waals surface area contributed by atoms with Crippen LogP contribution in [-0.2, 0) is 16.1 Å². The molecule has 2 heterocycles. The van der Waals surface area contributed by atoms with Crippen LogP contribution in [0.5, 0.6) is 0 Å². The molecule has 116 valence electrons. The van der Waals surface area contributed by atoms with Gasteiger partial charge < -0.3 is 10.2 Å². The van der Waals surface area contributed by atoms with E-state index in [1.54, 1.807) is 24.3 Å². The minimum absolute atomic E-state index is 0.0102. The Kier molecular flexibility index (Phi) is 5.66. The summed E-state index contributed by atoms with van der Waals surface area (Å²) in [5.41, 5.74) is 1.03. The Bertz CT molecular complexity index is 614. The van der Waals surface area contributed by atoms with Gasteiger partial charge in [0.1, 0.15) is 0 Å². The molecular weight excluding hydrogens is 298 g/mol. The summed E-state index contributed by atoms with van der Waals surface area (Å²) >= 11 is 1.54. The zero-order valence-corrected chi connectivity index (χ0v) is 13.5. The van der Waals surface area contributed by atoms with Crippen molar-refractivity contribution < 1.29 is 9.59 Å². The van der Waals surface area contributed by atoms with Crippen molar-refractivity contribution in [2.45, 2.75) is 25.9 Å². The molecule has 0 aliphatic carbocycles. The van der Waals surface area contributed by atoms with E-state index < -0.39 is 0 Å². The first-order valence-corrected chi connectivity index (χ1v) is 7.87. The van der Waals surface area contributed by atoms with Gasteiger partial charge in [0.15, 0.2) is 0 Å². The van der Waals surface area contributed by atoms with Crippen LogP contribution < -0.4 is 5.32 Å². The Labute approximate surface area is 134 Å². The summed E-state index contributed by atoms with van der Waals surface area (Å²) in [6.45, 7) is 1.99. The van der Waals surface area contributed by atoms with Crippen LogP contribution in [-0.4, -0.2) is 28.7 Å². The number of pyridine rings is 1. The fourth-order valence-electron chi connectivity index (χ4n) is 2.14. The second kappa shape index (κ2) is 7.70. The van der Waals surface area contributed by atoms with E-state index in [0.717, 1.165) is 10.4 Å². The number of thiophene rings is 1. The zero-order valence-electron chi connectivity index (χ0n) is 12.7. The quantitative estimate of drug-likeness (QED) is 0.889. The number of amides is 2. The van der Waals surface area contributed by atoms with E-state index in [1.807, 2.05) is 29.6 Å². The van der Waals surface area contributed by atoms with Gasteiger partial charge in [-0.25, -0.2) is 0 Å². The Morgan fingerprint density at radius 2 is 2.05 bits per heavy atom. The molecule has 0 aliphatic heterocycles. The third kappa shape index (κ3) is 4.66. The first kappa shape index (κ1) is 16.2. The van der Waals surface area contributed by atoms with Crippen molar-refractivity contribution in [3.05, 3.63) is 52.5 Å². The van der Waals surface area contributed by atoms with E-state index >= 15 is 0 Å². The second-order valence-electron chi connectivity index (χ2n) is 5.08. The topological polar surface area (TPSA) is 62.3 Å². The highest BCUT2D eigenvalue weighted by Crippen LogP contribution is 2.23. The largest absolute Gasteiger partial charge is 0.348 e. The minimum atomic E-state index is -0.273. The summed E-state index contributed by atoms with van der Waals surface area (Å²) < 4.78 is 0. The first-order chi connectivity index (χ1) is 10.6. The van der Waals surface area contributed by atoms with Crippen molar-refractivity contribution >= 4 is 23.2 Å². The third-order valence-electron chi connectivity index (χ3n) is 3.24. The van der Waals surface area contributed by atoms with Crippen LogP contribution in [0, 0.1) is 0 Å². The number of rotatable bonds is 6. The van der Waals surface area contributed by atoms with Crippen molar-refractivity contribution in [2.24, 2.45) is 0 Å². The zero-order chi connectivity index (χ0) is 15.9. The maximum atomic E-state index is 12.4. The summed E-state index contributed by atoms with van der Waals surface area (Å²) in [6, 6.07) is 7.34. The number of nitrogens with zero attached hydrogens (tertiary/aromatic N) is 2. The van der Waals surface area contributed by atoms with Gasteiger partial charge in [0.2, 0.25) is 11.8 Å². The number of carbonyl (C=O) groups is 2. The molecule has 2 aromatic heterocycles. The fraction of sp³-hybridized carbons (Fsp3) is 0.312. The Morgan fingerprint density at radius 1 is 1.32 bits per heavy atom. The van der Waals surface area contributed by atoms with Gasteiger partial charge in [-0.3, -0.25) is 14.6 Å². The predicted octanol–water partition coefficient (Wildman–Crippen LogP) is 2.37. The van der Waals surface area contributed by atoms with E-state index in [1.165, 1.54) is 18.3 Å². The molecule has 0 fully saturated rings. The van der Waals surface area contributed by atoms with Crippen molar-refractivity contribution in [1.29, 1.82) is 0 Å². The summed E-state index contributed by atoms with van der Waals surface area (Å²) in [5.74, 6) is -0.146. The van der Waals surface area contributed by atoms with E-state index in [4.69, 9.17) is 0 Å². The van der Waals surface area contributed by atoms with Crippen LogP contribution in [0.15, 0.2) is 42.0 Å². The van der Waals surface area contributed by atoms with E-state index in [2.05, 4.69) is 10.3 Å². The molecule has 2 rings (SSSR count). The van der Waals surface area contributed by atoms with E-state index in [0.29, 0.717) is 6.54 Å². The number of hydrogen-bond acceptors (Lipinski definition) is 4. The molecule has 0 aliphatic rings. The monoisotopic (exact) mass is 317 g/mol. The van der Waals surface area contributed by atoms with Crippen LogP contribution in [0.3, 0.4) is 0 Å². The average molecular weight is 317 g/mol. The van der Waals surface area contributed by atoms with Gasteiger partial charge in [-0.15, -0.1) is 11.3 Å². The number of carbonyl (C=O) groups excluding carboxylic acids is 2. The molecule has 0 aromatic carbocycles. The first-order valence-electron chi connectivity index (χ1n) is 6.99. The molecule has 6 heteroatoms. The normalized spacial score (nSPS) is 11.7. The standard InChI is InChI=1S/C16H19N3O2S/c1-12(20)18-14(15-4-3-9-22-15)10-16(21)19(2)11-13-5-7-17-8-6-13/h3-9,14H,10-11H2,1-2H3,(H,18,20). The molecule has 2 amide bonds. The molecule has 2 aromatic rings. The fourth-order valence-corrected chi connectivity index (χ4v) is 2.92. The highest BCUT2D eigenvalue weighted by Gasteiger charge is 2.20. The molecular formula is C16H19N3O2S. The molecule has 0 saturated carbocycles. The highest BCUT2D eigenvalue weighted by molar-refractivity contribution is 7.10. The summed E-state index contributed by atoms with van der Waals surface area (Å²) in [5, 5.41) is 4.79. The van der Waals surface area contributed by atoms with Crippen molar-refractivity contribution in [3.63, 3.8) is 0 Å². The van der Waals surface area contributed by atoms with Gasteiger partial charge in [-0.2, -0.15) is 0 Å². The molecule has 0 spiro atoms. The molecule has 0 radical (unpaired) electrons. The van der Waals surface area contributed by atoms with Gasteiger partial charge in [0, 0.05) is 37.8 Å². The van der Waals surface area contributed by atoms with Crippen LogP contribution in [0.25, 0.3) is 0 Å². The van der Waals surface area contributed by atoms with Crippen molar-refractivity contribution in [2.75, 3.05) is 7.05 Å². The number of nitrogens with one attached hydrogen (secondary N) is 1. The Morgan fingerprint density at radius 3 is 2.64 bits per heavy atom. The van der Waals surface area contributed by atoms with Crippen LogP contribution in [0.2, 0.25) is 0 Å². The molecule has 0 saturated heterocycles. The van der Waals surface area contributed by atoms with Crippen molar-refractivity contribution in [3.8, 4) is 0 Å². The molecule has 0 bridgehead atoms. The van der Waals surface area contributed by atoms with Crippen molar-refractivity contribution in [1.82, 2.24) is 15.2 Å². The lowest BCUT2D eigenvalue weighted by atomic mass is 10.1. The lowest BCUT2D eigenvalue weighted by Crippen LogP contribution is -2.33. The van der Waals surface area contributed by atoms with E-state index in [-0.39, 0.29) is 24.3 Å². The lowest BCUT2D eigenvalue weighted by molar-refractivity contribution is -0.131. The summed E-state index contributed by atoms with van der Waals surface area (Å²) in [7, 11) is 1.77. The molecule has 1 unspecified atom stereocenters. The third-order valence-corrected chi connectivity index (χ3v) is 4.22. The van der Waals surface area contributed by atoms with Crippen LogP contribution >= 0.6 is 11.3 Å². The number of hydrogen-bond donors (Lipinski definition) is 1. The molecule has 1 N–H and O–H groups in total. The SMILES string of the molecule is CC(=O)NC(CC(=O)N(C)Cc1ccncc1)c1cccs1. The van der Waals surface area contributed by atoms with E-state index in [9.17, 15) is 9.59 Å². The summed E-state index contributed by atoms with van der Waals surface area (Å²) in [6.07, 6.45) is 3.67. The van der Waals surface area contributed by atoms with Gasteiger partial charge in [0.05, 0.1) is 12.5 Å². The predicted molar refractivity (Wildman–Crippen MR) is 86.2 cm³/mol. The number of aromatic nitrogens is 1. The van der Waals surface area contributed by atoms with Crippen LogP contribution in [0.4, 0.5) is 0 Å². The summed E-state index contributed by atoms with van der Waals surface area (Å²) in [4.78, 5) is 30.4. The van der Waals surface area contributed by atoms with Gasteiger partial charge in [0.25, 0.3) is 0 Å². The van der Waals surface area contributed by atoms with Gasteiger partial charge in [-0.05, 0) is 29.1 Å². The van der Waals surface area contributed by atoms with Crippen LogP contribution in [0.1, 0.15) is 29.8 Å². The molecule has 22 heavy (non-hydrogen) atoms.